The molecule has 1 aromatic carbocycles. The van der Waals surface area contributed by atoms with Crippen LogP contribution in [0.4, 0.5) is 23.7 Å². The summed E-state index contributed by atoms with van der Waals surface area (Å²) in [5.41, 5.74) is -1.30. The number of methoxy groups -OCH3 is 1. The van der Waals surface area contributed by atoms with E-state index in [0.29, 0.717) is 0 Å². The lowest BCUT2D eigenvalue weighted by atomic mass is 10.1. The zero-order chi connectivity index (χ0) is 20.3. The van der Waals surface area contributed by atoms with Crippen LogP contribution >= 0.6 is 11.6 Å². The Morgan fingerprint density at radius 2 is 2.00 bits per heavy atom. The summed E-state index contributed by atoms with van der Waals surface area (Å²) >= 11 is 5.94. The van der Waals surface area contributed by atoms with Gasteiger partial charge in [-0.1, -0.05) is 11.6 Å². The Bertz CT molecular complexity index is 871. The van der Waals surface area contributed by atoms with Crippen molar-refractivity contribution in [1.29, 1.82) is 0 Å². The summed E-state index contributed by atoms with van der Waals surface area (Å²) in [5.74, 6) is -3.02. The van der Waals surface area contributed by atoms with Crippen LogP contribution in [0.3, 0.4) is 0 Å². The summed E-state index contributed by atoms with van der Waals surface area (Å²) in [6, 6.07) is 3.09. The van der Waals surface area contributed by atoms with E-state index in [9.17, 15) is 22.8 Å². The molecule has 0 bridgehead atoms. The topological polar surface area (TPSA) is 97.8 Å². The van der Waals surface area contributed by atoms with Crippen molar-refractivity contribution in [1.82, 2.24) is 4.98 Å². The third-order valence-corrected chi connectivity index (χ3v) is 3.63. The fraction of sp³-hybridized carbons (Fsp3) is 0.188. The Morgan fingerprint density at radius 1 is 1.33 bits per heavy atom. The number of anilines is 1. The van der Waals surface area contributed by atoms with Crippen LogP contribution in [0.15, 0.2) is 18.2 Å². The maximum atomic E-state index is 14.7. The van der Waals surface area contributed by atoms with Crippen LogP contribution in [0.5, 0.6) is 11.6 Å². The van der Waals surface area contributed by atoms with Crippen LogP contribution in [0, 0.1) is 5.82 Å². The molecule has 0 aliphatic rings. The highest BCUT2D eigenvalue weighted by Gasteiger charge is 2.24. The number of nitrogens with zero attached hydrogens (tertiary/aromatic N) is 1. The first kappa shape index (κ1) is 20.3. The first-order valence-electron chi connectivity index (χ1n) is 7.19. The molecule has 7 nitrogen and oxygen atoms in total. The van der Waals surface area contributed by atoms with Crippen molar-refractivity contribution < 1.29 is 37.3 Å². The molecular weight excluding hydrogens is 393 g/mol. The van der Waals surface area contributed by atoms with Gasteiger partial charge in [0.05, 0.1) is 24.1 Å². The first-order chi connectivity index (χ1) is 12.6. The molecule has 0 spiro atoms. The van der Waals surface area contributed by atoms with Gasteiger partial charge in [0, 0.05) is 12.5 Å². The number of alkyl halides is 2. The minimum Gasteiger partial charge on any atom is -0.493 e. The van der Waals surface area contributed by atoms with Gasteiger partial charge in [-0.25, -0.2) is 22.9 Å². The fourth-order valence-electron chi connectivity index (χ4n) is 2.22. The van der Waals surface area contributed by atoms with E-state index in [4.69, 9.17) is 21.4 Å². The lowest BCUT2D eigenvalue weighted by Gasteiger charge is -2.14. The van der Waals surface area contributed by atoms with E-state index in [-0.39, 0.29) is 22.0 Å². The predicted octanol–water partition coefficient (Wildman–Crippen LogP) is 4.50. The Hall–Kier alpha value is -3.01. The van der Waals surface area contributed by atoms with Crippen LogP contribution in [0.25, 0.3) is 11.3 Å². The van der Waals surface area contributed by atoms with Crippen molar-refractivity contribution >= 4 is 29.4 Å². The smallest absolute Gasteiger partial charge is 0.493 e. The van der Waals surface area contributed by atoms with Gasteiger partial charge in [-0.15, -0.1) is 0 Å². The molecule has 0 fully saturated rings. The van der Waals surface area contributed by atoms with Crippen LogP contribution in [0.2, 0.25) is 5.02 Å². The molecule has 1 heterocycles. The average Bonchev–Trinajstić information content (AvgIpc) is 2.57. The lowest BCUT2D eigenvalue weighted by Crippen LogP contribution is -2.10. The number of amides is 1. The molecule has 0 aliphatic carbocycles. The molecular formula is C16H12ClF3N2O5. The third kappa shape index (κ3) is 4.40. The van der Waals surface area contributed by atoms with Crippen LogP contribution < -0.4 is 14.8 Å². The Labute approximate surface area is 155 Å². The summed E-state index contributed by atoms with van der Waals surface area (Å²) < 4.78 is 49.8. The number of aromatic nitrogens is 1. The van der Waals surface area contributed by atoms with Gasteiger partial charge in [0.15, 0.2) is 11.6 Å². The van der Waals surface area contributed by atoms with E-state index in [1.807, 2.05) is 0 Å². The van der Waals surface area contributed by atoms with E-state index < -0.39 is 41.5 Å². The van der Waals surface area contributed by atoms with Crippen molar-refractivity contribution in [2.75, 3.05) is 12.4 Å². The predicted molar refractivity (Wildman–Crippen MR) is 89.1 cm³/mol. The quantitative estimate of drug-likeness (QED) is 0.712. The molecule has 1 aromatic heterocycles. The van der Waals surface area contributed by atoms with Gasteiger partial charge in [-0.2, -0.15) is 0 Å². The SMILES string of the molecule is COc1c(C(F)F)ccc(-c2cc(NC(C)=O)c(Cl)c(OC(=O)O)n2)c1F. The lowest BCUT2D eigenvalue weighted by molar-refractivity contribution is -0.114. The monoisotopic (exact) mass is 404 g/mol. The van der Waals surface area contributed by atoms with Gasteiger partial charge in [-0.05, 0) is 18.2 Å². The van der Waals surface area contributed by atoms with Crippen molar-refractivity contribution in [3.63, 3.8) is 0 Å². The van der Waals surface area contributed by atoms with E-state index in [2.05, 4.69) is 15.0 Å². The van der Waals surface area contributed by atoms with Crippen molar-refractivity contribution in [3.05, 3.63) is 34.6 Å². The van der Waals surface area contributed by atoms with Gasteiger partial charge in [0.1, 0.15) is 5.02 Å². The number of rotatable bonds is 5. The van der Waals surface area contributed by atoms with Crippen molar-refractivity contribution in [2.24, 2.45) is 0 Å². The summed E-state index contributed by atoms with van der Waals surface area (Å²) in [6.45, 7) is 1.16. The number of carboxylic acid groups (broad SMARTS) is 1. The highest BCUT2D eigenvalue weighted by atomic mass is 35.5. The summed E-state index contributed by atoms with van der Waals surface area (Å²) in [5, 5.41) is 10.8. The van der Waals surface area contributed by atoms with E-state index in [0.717, 1.165) is 32.2 Å². The van der Waals surface area contributed by atoms with E-state index in [1.54, 1.807) is 0 Å². The molecule has 1 amide bonds. The molecule has 144 valence electrons. The number of hydrogen-bond acceptors (Lipinski definition) is 5. The Balaban J connectivity index is 2.70. The minimum absolute atomic E-state index is 0.110. The van der Waals surface area contributed by atoms with Gasteiger partial charge < -0.3 is 19.9 Å². The largest absolute Gasteiger partial charge is 0.512 e. The number of carbonyl (C=O) groups excluding carboxylic acids is 1. The highest BCUT2D eigenvalue weighted by molar-refractivity contribution is 6.35. The number of pyridine rings is 1. The van der Waals surface area contributed by atoms with Crippen molar-refractivity contribution in [2.45, 2.75) is 13.3 Å². The van der Waals surface area contributed by atoms with Gasteiger partial charge >= 0.3 is 6.16 Å². The second kappa shape index (κ2) is 8.12. The van der Waals surface area contributed by atoms with E-state index >= 15 is 0 Å². The van der Waals surface area contributed by atoms with Gasteiger partial charge in [-0.3, -0.25) is 4.79 Å². The van der Waals surface area contributed by atoms with Crippen LogP contribution in [-0.4, -0.2) is 29.3 Å². The first-order valence-corrected chi connectivity index (χ1v) is 7.57. The summed E-state index contributed by atoms with van der Waals surface area (Å²) in [7, 11) is 1.02. The summed E-state index contributed by atoms with van der Waals surface area (Å²) in [4.78, 5) is 25.9. The molecule has 0 aliphatic heterocycles. The molecule has 0 saturated carbocycles. The molecule has 11 heteroatoms. The number of hydrogen-bond donors (Lipinski definition) is 2. The number of benzene rings is 1. The second-order valence-electron chi connectivity index (χ2n) is 5.07. The number of nitrogens with one attached hydrogen (secondary N) is 1. The maximum absolute atomic E-state index is 14.7. The normalized spacial score (nSPS) is 10.6. The van der Waals surface area contributed by atoms with Crippen LogP contribution in [0.1, 0.15) is 18.9 Å². The standard InChI is InChI=1S/C16H12ClF3N2O5/c1-6(23)21-10-5-9(22-15(11(10)17)27-16(24)25)7-3-4-8(14(19)20)13(26-2)12(7)18/h3-5,14H,1-2H3,(H,24,25)(H,21,22,23). The molecule has 0 saturated heterocycles. The molecule has 2 N–H and O–H groups in total. The zero-order valence-corrected chi connectivity index (χ0v) is 14.6. The Morgan fingerprint density at radius 3 is 2.52 bits per heavy atom. The minimum atomic E-state index is -2.98. The molecule has 0 unspecified atom stereocenters. The molecule has 0 atom stereocenters. The average molecular weight is 405 g/mol. The van der Waals surface area contributed by atoms with Gasteiger partial charge in [0.25, 0.3) is 6.43 Å². The number of carbonyl (C=O) groups is 2. The van der Waals surface area contributed by atoms with E-state index in [1.165, 1.54) is 0 Å². The highest BCUT2D eigenvalue weighted by Crippen LogP contribution is 2.39. The molecule has 2 rings (SSSR count). The second-order valence-corrected chi connectivity index (χ2v) is 5.45. The fourth-order valence-corrected chi connectivity index (χ4v) is 2.41. The zero-order valence-electron chi connectivity index (χ0n) is 13.8. The third-order valence-electron chi connectivity index (χ3n) is 3.26. The van der Waals surface area contributed by atoms with Crippen molar-refractivity contribution in [3.8, 4) is 22.9 Å². The van der Waals surface area contributed by atoms with Crippen LogP contribution in [-0.2, 0) is 4.79 Å². The summed E-state index contributed by atoms with van der Waals surface area (Å²) in [6.07, 6.45) is -4.73. The maximum Gasteiger partial charge on any atom is 0.512 e. The van der Waals surface area contributed by atoms with Gasteiger partial charge in [0.2, 0.25) is 11.8 Å². The number of halogens is 4. The Kier molecular flexibility index (Phi) is 6.11. The number of ether oxygens (including phenoxy) is 2. The molecule has 2 aromatic rings. The molecule has 27 heavy (non-hydrogen) atoms. The molecule has 0 radical (unpaired) electrons.